The maximum atomic E-state index is 12.2. The Hall–Kier alpha value is -2.54. The summed E-state index contributed by atoms with van der Waals surface area (Å²) < 4.78 is 2.54. The second-order valence-electron chi connectivity index (χ2n) is 4.72. The number of carbonyl (C=O) groups excluding carboxylic acids is 1. The van der Waals surface area contributed by atoms with Crippen LogP contribution in [0.5, 0.6) is 0 Å². The van der Waals surface area contributed by atoms with Gasteiger partial charge in [0.05, 0.1) is 5.69 Å². The summed E-state index contributed by atoms with van der Waals surface area (Å²) in [5, 5.41) is 13.8. The van der Waals surface area contributed by atoms with E-state index in [1.165, 1.54) is 11.0 Å². The minimum Gasteiger partial charge on any atom is -0.322 e. The van der Waals surface area contributed by atoms with Gasteiger partial charge in [0.15, 0.2) is 0 Å². The molecule has 0 radical (unpaired) electrons. The lowest BCUT2D eigenvalue weighted by atomic mass is 10.1. The van der Waals surface area contributed by atoms with Gasteiger partial charge in [-0.25, -0.2) is 4.68 Å². The molecule has 3 aromatic rings. The van der Waals surface area contributed by atoms with E-state index in [0.717, 1.165) is 21.4 Å². The predicted octanol–water partition coefficient (Wildman–Crippen LogP) is 2.99. The van der Waals surface area contributed by atoms with Crippen molar-refractivity contribution in [1.82, 2.24) is 20.2 Å². The molecule has 0 aliphatic carbocycles. The van der Waals surface area contributed by atoms with Gasteiger partial charge in [0, 0.05) is 15.7 Å². The highest BCUT2D eigenvalue weighted by Gasteiger charge is 2.07. The Kier molecular flexibility index (Phi) is 3.97. The smallest absolute Gasteiger partial charge is 0.255 e. The summed E-state index contributed by atoms with van der Waals surface area (Å²) in [4.78, 5) is 12.2. The normalized spacial score (nSPS) is 10.5. The summed E-state index contributed by atoms with van der Waals surface area (Å²) in [6.45, 7) is 1.97. The molecule has 0 atom stereocenters. The van der Waals surface area contributed by atoms with Crippen molar-refractivity contribution in [1.29, 1.82) is 0 Å². The zero-order valence-electron chi connectivity index (χ0n) is 11.7. The Morgan fingerprint density at radius 3 is 2.59 bits per heavy atom. The number of halogens is 1. The molecule has 1 amide bonds. The van der Waals surface area contributed by atoms with Crippen molar-refractivity contribution in [3.8, 4) is 5.69 Å². The molecule has 1 aromatic heterocycles. The van der Waals surface area contributed by atoms with Gasteiger partial charge in [-0.15, -0.1) is 5.10 Å². The highest BCUT2D eigenvalue weighted by molar-refractivity contribution is 9.10. The van der Waals surface area contributed by atoms with Crippen LogP contribution in [0, 0.1) is 6.92 Å². The van der Waals surface area contributed by atoms with E-state index >= 15 is 0 Å². The van der Waals surface area contributed by atoms with Crippen molar-refractivity contribution in [3.05, 3.63) is 64.4 Å². The third-order valence-electron chi connectivity index (χ3n) is 3.16. The van der Waals surface area contributed by atoms with Gasteiger partial charge in [-0.1, -0.05) is 15.9 Å². The molecule has 0 fully saturated rings. The molecule has 1 heterocycles. The summed E-state index contributed by atoms with van der Waals surface area (Å²) >= 11 is 3.44. The van der Waals surface area contributed by atoms with Crippen LogP contribution in [-0.4, -0.2) is 26.1 Å². The van der Waals surface area contributed by atoms with E-state index in [2.05, 4.69) is 36.8 Å². The van der Waals surface area contributed by atoms with Crippen LogP contribution in [0.25, 0.3) is 5.69 Å². The summed E-state index contributed by atoms with van der Waals surface area (Å²) in [7, 11) is 0. The van der Waals surface area contributed by atoms with Gasteiger partial charge in [-0.05, 0) is 65.4 Å². The molecular formula is C15H12BrN5O. The minimum atomic E-state index is -0.162. The number of anilines is 1. The molecule has 0 bridgehead atoms. The van der Waals surface area contributed by atoms with Gasteiger partial charge >= 0.3 is 0 Å². The third kappa shape index (κ3) is 3.04. The molecule has 0 saturated carbocycles. The summed E-state index contributed by atoms with van der Waals surface area (Å²) in [5.41, 5.74) is 3.18. The number of hydrogen-bond donors (Lipinski definition) is 1. The average Bonchev–Trinajstić information content (AvgIpc) is 3.05. The Labute approximate surface area is 135 Å². The molecule has 6 nitrogen and oxygen atoms in total. The molecule has 0 saturated heterocycles. The number of carbonyl (C=O) groups is 1. The van der Waals surface area contributed by atoms with Crippen molar-refractivity contribution in [2.24, 2.45) is 0 Å². The maximum absolute atomic E-state index is 12.2. The van der Waals surface area contributed by atoms with Crippen molar-refractivity contribution in [2.45, 2.75) is 6.92 Å². The van der Waals surface area contributed by atoms with Crippen LogP contribution in [0.15, 0.2) is 53.3 Å². The molecule has 1 N–H and O–H groups in total. The van der Waals surface area contributed by atoms with Crippen molar-refractivity contribution < 1.29 is 4.79 Å². The SMILES string of the molecule is Cc1cc(NC(=O)c2ccc(-n3cnnn3)cc2)ccc1Br. The first kappa shape index (κ1) is 14.4. The van der Waals surface area contributed by atoms with E-state index in [9.17, 15) is 4.79 Å². The molecule has 3 rings (SSSR count). The monoisotopic (exact) mass is 357 g/mol. The number of amides is 1. The quantitative estimate of drug-likeness (QED) is 0.781. The van der Waals surface area contributed by atoms with Crippen LogP contribution in [0.2, 0.25) is 0 Å². The van der Waals surface area contributed by atoms with Gasteiger partial charge < -0.3 is 5.32 Å². The largest absolute Gasteiger partial charge is 0.322 e. The lowest BCUT2D eigenvalue weighted by molar-refractivity contribution is 0.102. The van der Waals surface area contributed by atoms with E-state index in [0.29, 0.717) is 5.56 Å². The minimum absolute atomic E-state index is 0.162. The number of hydrogen-bond acceptors (Lipinski definition) is 4. The summed E-state index contributed by atoms with van der Waals surface area (Å²) in [5.74, 6) is -0.162. The van der Waals surface area contributed by atoms with Gasteiger partial charge in [0.2, 0.25) is 0 Å². The molecule has 0 spiro atoms. The summed E-state index contributed by atoms with van der Waals surface area (Å²) in [6.07, 6.45) is 1.50. The van der Waals surface area contributed by atoms with Gasteiger partial charge in [-0.2, -0.15) is 0 Å². The van der Waals surface area contributed by atoms with Gasteiger partial charge in [0.25, 0.3) is 5.91 Å². The lowest BCUT2D eigenvalue weighted by Gasteiger charge is -2.07. The summed E-state index contributed by atoms with van der Waals surface area (Å²) in [6, 6.07) is 12.7. The number of benzene rings is 2. The number of nitrogens with one attached hydrogen (secondary N) is 1. The Balaban J connectivity index is 1.76. The number of tetrazole rings is 1. The molecular weight excluding hydrogens is 346 g/mol. The predicted molar refractivity (Wildman–Crippen MR) is 86.0 cm³/mol. The Morgan fingerprint density at radius 2 is 1.95 bits per heavy atom. The van der Waals surface area contributed by atoms with Gasteiger partial charge in [-0.3, -0.25) is 4.79 Å². The molecule has 0 unspecified atom stereocenters. The Bertz CT molecular complexity index is 799. The number of rotatable bonds is 3. The first-order valence-corrected chi connectivity index (χ1v) is 7.34. The molecule has 0 aliphatic heterocycles. The average molecular weight is 358 g/mol. The second-order valence-corrected chi connectivity index (χ2v) is 5.57. The van der Waals surface area contributed by atoms with E-state index in [-0.39, 0.29) is 5.91 Å². The van der Waals surface area contributed by atoms with Crippen LogP contribution in [0.3, 0.4) is 0 Å². The molecule has 7 heteroatoms. The standard InChI is InChI=1S/C15H12BrN5O/c1-10-8-12(4-7-14(10)16)18-15(22)11-2-5-13(6-3-11)21-9-17-19-20-21/h2-9H,1H3,(H,18,22). The van der Waals surface area contributed by atoms with Crippen LogP contribution in [-0.2, 0) is 0 Å². The van der Waals surface area contributed by atoms with Crippen LogP contribution >= 0.6 is 15.9 Å². The Morgan fingerprint density at radius 1 is 1.18 bits per heavy atom. The van der Waals surface area contributed by atoms with E-state index < -0.39 is 0 Å². The van der Waals surface area contributed by atoms with Crippen molar-refractivity contribution >= 4 is 27.5 Å². The van der Waals surface area contributed by atoms with Crippen LogP contribution in [0.4, 0.5) is 5.69 Å². The molecule has 0 aliphatic rings. The van der Waals surface area contributed by atoms with E-state index in [1.807, 2.05) is 25.1 Å². The topological polar surface area (TPSA) is 72.7 Å². The van der Waals surface area contributed by atoms with E-state index in [4.69, 9.17) is 0 Å². The number of aryl methyl sites for hydroxylation is 1. The highest BCUT2D eigenvalue weighted by Crippen LogP contribution is 2.20. The lowest BCUT2D eigenvalue weighted by Crippen LogP contribution is -2.12. The zero-order chi connectivity index (χ0) is 15.5. The fourth-order valence-electron chi connectivity index (χ4n) is 1.97. The fourth-order valence-corrected chi connectivity index (χ4v) is 2.22. The molecule has 110 valence electrons. The first-order chi connectivity index (χ1) is 10.6. The fraction of sp³-hybridized carbons (Fsp3) is 0.0667. The van der Waals surface area contributed by atoms with Crippen molar-refractivity contribution in [3.63, 3.8) is 0 Å². The second kappa shape index (κ2) is 6.07. The van der Waals surface area contributed by atoms with Gasteiger partial charge in [0.1, 0.15) is 6.33 Å². The highest BCUT2D eigenvalue weighted by atomic mass is 79.9. The maximum Gasteiger partial charge on any atom is 0.255 e. The first-order valence-electron chi connectivity index (χ1n) is 6.54. The number of nitrogens with zero attached hydrogens (tertiary/aromatic N) is 4. The van der Waals surface area contributed by atoms with E-state index in [1.54, 1.807) is 24.3 Å². The van der Waals surface area contributed by atoms with Crippen LogP contribution < -0.4 is 5.32 Å². The molecule has 2 aromatic carbocycles. The zero-order valence-corrected chi connectivity index (χ0v) is 13.3. The number of aromatic nitrogens is 4. The molecule has 22 heavy (non-hydrogen) atoms. The van der Waals surface area contributed by atoms with Crippen molar-refractivity contribution in [2.75, 3.05) is 5.32 Å². The third-order valence-corrected chi connectivity index (χ3v) is 4.05. The van der Waals surface area contributed by atoms with Crippen LogP contribution in [0.1, 0.15) is 15.9 Å².